The lowest BCUT2D eigenvalue weighted by atomic mass is 9.93. The summed E-state index contributed by atoms with van der Waals surface area (Å²) >= 11 is 7.78. The summed E-state index contributed by atoms with van der Waals surface area (Å²) in [5.74, 6) is 0.534. The summed E-state index contributed by atoms with van der Waals surface area (Å²) in [5, 5.41) is 4.49. The van der Waals surface area contributed by atoms with Crippen molar-refractivity contribution in [2.45, 2.75) is 63.8 Å². The van der Waals surface area contributed by atoms with E-state index >= 15 is 0 Å². The van der Waals surface area contributed by atoms with Crippen molar-refractivity contribution in [2.75, 3.05) is 7.11 Å². The molecule has 1 amide bonds. The molecule has 0 radical (unpaired) electrons. The highest BCUT2D eigenvalue weighted by Crippen LogP contribution is 2.40. The lowest BCUT2D eigenvalue weighted by molar-refractivity contribution is 0.0601. The molecule has 0 aliphatic heterocycles. The largest absolute Gasteiger partial charge is 0.465 e. The van der Waals surface area contributed by atoms with Crippen LogP contribution in [0.4, 0.5) is 5.00 Å². The highest BCUT2D eigenvalue weighted by atomic mass is 35.5. The first kappa shape index (κ1) is 24.8. The molecule has 1 saturated carbocycles. The maximum absolute atomic E-state index is 13.4. The maximum Gasteiger partial charge on any atom is 0.338 e. The Labute approximate surface area is 219 Å². The summed E-state index contributed by atoms with van der Waals surface area (Å²) in [5.41, 5.74) is 2.81. The summed E-state index contributed by atoms with van der Waals surface area (Å²) < 4.78 is 10.9. The molecule has 8 heteroatoms. The third-order valence-electron chi connectivity index (χ3n) is 6.91. The van der Waals surface area contributed by atoms with Gasteiger partial charge in [0.25, 0.3) is 5.91 Å². The van der Waals surface area contributed by atoms with Crippen molar-refractivity contribution in [3.8, 4) is 11.3 Å². The van der Waals surface area contributed by atoms with Gasteiger partial charge in [-0.05, 0) is 74.4 Å². The van der Waals surface area contributed by atoms with E-state index in [-0.39, 0.29) is 11.9 Å². The van der Waals surface area contributed by atoms with Crippen LogP contribution in [0.3, 0.4) is 0 Å². The first-order valence-electron chi connectivity index (χ1n) is 12.5. The highest BCUT2D eigenvalue weighted by molar-refractivity contribution is 7.16. The molecule has 1 aromatic carbocycles. The second kappa shape index (κ2) is 11.0. The highest BCUT2D eigenvalue weighted by Gasteiger charge is 2.27. The van der Waals surface area contributed by atoms with Crippen LogP contribution in [0.15, 0.2) is 39.7 Å². The number of fused-ring (bicyclic) bond motifs is 1. The number of esters is 1. The minimum atomic E-state index is -0.467. The molecule has 2 aromatic heterocycles. The molecule has 0 atom stereocenters. The number of benzene rings is 1. The van der Waals surface area contributed by atoms with Crippen molar-refractivity contribution in [1.82, 2.24) is 5.32 Å². The van der Waals surface area contributed by atoms with Gasteiger partial charge in [-0.25, -0.2) is 9.79 Å². The van der Waals surface area contributed by atoms with Crippen molar-refractivity contribution in [3.05, 3.63) is 62.7 Å². The van der Waals surface area contributed by atoms with Gasteiger partial charge < -0.3 is 14.5 Å². The second-order valence-corrected chi connectivity index (χ2v) is 10.9. The van der Waals surface area contributed by atoms with Crippen LogP contribution in [0.2, 0.25) is 5.02 Å². The van der Waals surface area contributed by atoms with E-state index in [1.54, 1.807) is 47.9 Å². The summed E-state index contributed by atoms with van der Waals surface area (Å²) in [6.07, 6.45) is 11.5. The lowest BCUT2D eigenvalue weighted by Crippen LogP contribution is -2.36. The topological polar surface area (TPSA) is 80.9 Å². The van der Waals surface area contributed by atoms with Crippen LogP contribution in [0.1, 0.15) is 81.9 Å². The molecule has 2 aliphatic rings. The van der Waals surface area contributed by atoms with Gasteiger partial charge in [0, 0.05) is 21.5 Å². The predicted molar refractivity (Wildman–Crippen MR) is 143 cm³/mol. The number of nitrogens with zero attached hydrogens (tertiary/aromatic N) is 1. The number of aliphatic imine (C=N–C) groups is 1. The van der Waals surface area contributed by atoms with Gasteiger partial charge in [0.1, 0.15) is 16.5 Å². The molecule has 2 aliphatic carbocycles. The number of hydrogen-bond acceptors (Lipinski definition) is 6. The quantitative estimate of drug-likeness (QED) is 0.274. The van der Waals surface area contributed by atoms with Crippen molar-refractivity contribution in [3.63, 3.8) is 0 Å². The number of thiophene rings is 1. The average molecular weight is 525 g/mol. The third kappa shape index (κ3) is 5.27. The number of aryl methyl sites for hydroxylation is 1. The minimum absolute atomic E-state index is 0.00442. The van der Waals surface area contributed by atoms with E-state index < -0.39 is 5.97 Å². The fourth-order valence-electron chi connectivity index (χ4n) is 5.08. The van der Waals surface area contributed by atoms with Crippen molar-refractivity contribution < 1.29 is 18.7 Å². The van der Waals surface area contributed by atoms with Gasteiger partial charge in [-0.2, -0.15) is 0 Å². The molecule has 6 nitrogen and oxygen atoms in total. The molecule has 0 bridgehead atoms. The molecule has 188 valence electrons. The Morgan fingerprint density at radius 3 is 2.72 bits per heavy atom. The van der Waals surface area contributed by atoms with E-state index in [2.05, 4.69) is 5.32 Å². The van der Waals surface area contributed by atoms with Crippen LogP contribution >= 0.6 is 22.9 Å². The Hall–Kier alpha value is -2.90. The monoisotopic (exact) mass is 524 g/mol. The van der Waals surface area contributed by atoms with Crippen LogP contribution in [-0.2, 0) is 17.6 Å². The molecule has 2 heterocycles. The number of halogens is 1. The number of methoxy groups -OCH3 is 1. The summed E-state index contributed by atoms with van der Waals surface area (Å²) in [6.45, 7) is 0. The standard InChI is InChI=1S/C28H29ClN2O4S/c1-34-28(33)20-13-11-17(29)15-22(20)23-14-12-19(35-23)16-30-27-25(21-9-5-6-10-24(21)36-27)26(32)31-18-7-3-2-4-8-18/h11-16,18H,2-10H2,1H3,(H,31,32). The Kier molecular flexibility index (Phi) is 7.58. The van der Waals surface area contributed by atoms with Gasteiger partial charge in [0.05, 0.1) is 24.5 Å². The normalized spacial score (nSPS) is 16.2. The summed E-state index contributed by atoms with van der Waals surface area (Å²) in [4.78, 5) is 31.6. The number of hydrogen-bond donors (Lipinski definition) is 1. The van der Waals surface area contributed by atoms with Crippen LogP contribution < -0.4 is 5.32 Å². The van der Waals surface area contributed by atoms with E-state index in [1.165, 1.54) is 31.2 Å². The molecule has 3 aromatic rings. The number of carbonyl (C=O) groups excluding carboxylic acids is 2. The molecule has 0 spiro atoms. The molecule has 1 fully saturated rings. The number of nitrogens with one attached hydrogen (secondary N) is 1. The molecule has 36 heavy (non-hydrogen) atoms. The van der Waals surface area contributed by atoms with Gasteiger partial charge in [0.2, 0.25) is 0 Å². The maximum atomic E-state index is 13.4. The van der Waals surface area contributed by atoms with Crippen molar-refractivity contribution in [2.24, 2.45) is 4.99 Å². The molecule has 5 rings (SSSR count). The van der Waals surface area contributed by atoms with Crippen LogP contribution in [0, 0.1) is 0 Å². The van der Waals surface area contributed by atoms with Crippen molar-refractivity contribution >= 4 is 46.0 Å². The smallest absolute Gasteiger partial charge is 0.338 e. The van der Waals surface area contributed by atoms with Gasteiger partial charge in [0.15, 0.2) is 0 Å². The number of amides is 1. The van der Waals surface area contributed by atoms with Crippen LogP contribution in [0.25, 0.3) is 11.3 Å². The van der Waals surface area contributed by atoms with E-state index in [0.717, 1.165) is 54.7 Å². The first-order valence-corrected chi connectivity index (χ1v) is 13.7. The van der Waals surface area contributed by atoms with E-state index in [0.29, 0.717) is 27.7 Å². The van der Waals surface area contributed by atoms with Crippen LogP contribution in [0.5, 0.6) is 0 Å². The van der Waals surface area contributed by atoms with E-state index in [4.69, 9.17) is 25.7 Å². The SMILES string of the molecule is COC(=O)c1ccc(Cl)cc1-c1ccc(C=Nc2sc3c(c2C(=O)NC2CCCCC2)CCCC3)o1. The van der Waals surface area contributed by atoms with Crippen LogP contribution in [-0.4, -0.2) is 31.2 Å². The molecule has 1 N–H and O–H groups in total. The molecule has 0 unspecified atom stereocenters. The van der Waals surface area contributed by atoms with Gasteiger partial charge in [-0.15, -0.1) is 11.3 Å². The Morgan fingerprint density at radius 2 is 1.92 bits per heavy atom. The zero-order valence-corrected chi connectivity index (χ0v) is 21.8. The Morgan fingerprint density at radius 1 is 1.11 bits per heavy atom. The first-order chi connectivity index (χ1) is 17.5. The fourth-order valence-corrected chi connectivity index (χ4v) is 6.48. The number of furan rings is 1. The second-order valence-electron chi connectivity index (χ2n) is 9.34. The third-order valence-corrected chi connectivity index (χ3v) is 8.34. The molecule has 0 saturated heterocycles. The number of rotatable bonds is 6. The molecular weight excluding hydrogens is 496 g/mol. The zero-order chi connectivity index (χ0) is 25.1. The van der Waals surface area contributed by atoms with Crippen molar-refractivity contribution in [1.29, 1.82) is 0 Å². The van der Waals surface area contributed by atoms with Gasteiger partial charge >= 0.3 is 5.97 Å². The number of carbonyl (C=O) groups is 2. The summed E-state index contributed by atoms with van der Waals surface area (Å²) in [6, 6.07) is 8.74. The van der Waals surface area contributed by atoms with Gasteiger partial charge in [-0.1, -0.05) is 30.9 Å². The molecular formula is C28H29ClN2O4S. The summed E-state index contributed by atoms with van der Waals surface area (Å²) in [7, 11) is 1.34. The van der Waals surface area contributed by atoms with E-state index in [9.17, 15) is 9.59 Å². The minimum Gasteiger partial charge on any atom is -0.465 e. The zero-order valence-electron chi connectivity index (χ0n) is 20.3. The van der Waals surface area contributed by atoms with E-state index in [1.807, 2.05) is 0 Å². The Balaban J connectivity index is 1.42. The lowest BCUT2D eigenvalue weighted by Gasteiger charge is -2.23. The average Bonchev–Trinajstić information content (AvgIpc) is 3.52. The fraction of sp³-hybridized carbons (Fsp3) is 0.393. The Bertz CT molecular complexity index is 1300. The van der Waals surface area contributed by atoms with Gasteiger partial charge in [-0.3, -0.25) is 4.79 Å². The predicted octanol–water partition coefficient (Wildman–Crippen LogP) is 7.14. The number of ether oxygens (including phenoxy) is 1.